The topological polar surface area (TPSA) is 106 Å². The maximum atomic E-state index is 12.3. The van der Waals surface area contributed by atoms with Crippen LogP contribution < -0.4 is 0 Å². The van der Waals surface area contributed by atoms with Crippen LogP contribution in [0, 0.1) is 10.1 Å². The van der Waals surface area contributed by atoms with Crippen molar-refractivity contribution in [2.45, 2.75) is 6.42 Å². The summed E-state index contributed by atoms with van der Waals surface area (Å²) in [6.07, 6.45) is 3.66. The number of pyridine rings is 1. The van der Waals surface area contributed by atoms with Crippen LogP contribution in [0.2, 0.25) is 0 Å². The number of hydrogen-bond acceptors (Lipinski definition) is 5. The highest BCUT2D eigenvalue weighted by molar-refractivity contribution is 6.03. The molecule has 0 saturated carbocycles. The van der Waals surface area contributed by atoms with Crippen molar-refractivity contribution in [2.24, 2.45) is 0 Å². The number of benzene rings is 1. The predicted molar refractivity (Wildman–Crippen MR) is 82.6 cm³/mol. The number of rotatable bonds is 5. The molecule has 0 atom stereocenters. The van der Waals surface area contributed by atoms with Gasteiger partial charge in [-0.3, -0.25) is 24.7 Å². The Balaban J connectivity index is 2.02. The average Bonchev–Trinajstić information content (AvgIpc) is 2.91. The summed E-state index contributed by atoms with van der Waals surface area (Å²) in [5.41, 5.74) is 1.59. The Morgan fingerprint density at radius 2 is 2.17 bits per heavy atom. The van der Waals surface area contributed by atoms with E-state index in [1.807, 2.05) is 0 Å². The Bertz CT molecular complexity index is 916. The summed E-state index contributed by atoms with van der Waals surface area (Å²) in [4.78, 5) is 40.8. The molecule has 3 aromatic rings. The molecule has 2 heterocycles. The van der Waals surface area contributed by atoms with Gasteiger partial charge in [-0.25, -0.2) is 0 Å². The van der Waals surface area contributed by atoms with Gasteiger partial charge in [-0.1, -0.05) is 0 Å². The second-order valence-electron chi connectivity index (χ2n) is 4.96. The molecular weight excluding hydrogens is 298 g/mol. The lowest BCUT2D eigenvalue weighted by molar-refractivity contribution is -0.384. The lowest BCUT2D eigenvalue weighted by Crippen LogP contribution is -2.05. The molecular formula is C16H11N3O4. The molecule has 7 nitrogen and oxygen atoms in total. The molecule has 1 N–H and O–H groups in total. The van der Waals surface area contributed by atoms with Gasteiger partial charge < -0.3 is 4.98 Å². The van der Waals surface area contributed by atoms with Gasteiger partial charge in [0.2, 0.25) is 0 Å². The van der Waals surface area contributed by atoms with E-state index in [0.29, 0.717) is 34.0 Å². The van der Waals surface area contributed by atoms with E-state index in [0.717, 1.165) is 0 Å². The van der Waals surface area contributed by atoms with E-state index in [1.54, 1.807) is 18.3 Å². The molecule has 0 aliphatic heterocycles. The van der Waals surface area contributed by atoms with Crippen LogP contribution >= 0.6 is 0 Å². The van der Waals surface area contributed by atoms with Crippen molar-refractivity contribution in [1.82, 2.24) is 9.97 Å². The maximum Gasteiger partial charge on any atom is 0.271 e. The van der Waals surface area contributed by atoms with E-state index in [9.17, 15) is 19.7 Å². The van der Waals surface area contributed by atoms with Crippen LogP contribution in [-0.2, 0) is 6.42 Å². The highest BCUT2D eigenvalue weighted by atomic mass is 16.6. The number of carbonyl (C=O) groups is 2. The molecule has 3 rings (SSSR count). The van der Waals surface area contributed by atoms with Gasteiger partial charge in [0, 0.05) is 46.7 Å². The smallest absolute Gasteiger partial charge is 0.271 e. The summed E-state index contributed by atoms with van der Waals surface area (Å²) < 4.78 is 0. The van der Waals surface area contributed by atoms with Gasteiger partial charge >= 0.3 is 0 Å². The molecule has 0 radical (unpaired) electrons. The van der Waals surface area contributed by atoms with Crippen molar-refractivity contribution in [3.63, 3.8) is 0 Å². The summed E-state index contributed by atoms with van der Waals surface area (Å²) in [7, 11) is 0. The number of hydrogen-bond donors (Lipinski definition) is 1. The third-order valence-corrected chi connectivity index (χ3v) is 3.55. The molecule has 23 heavy (non-hydrogen) atoms. The van der Waals surface area contributed by atoms with Crippen LogP contribution in [0.5, 0.6) is 0 Å². The first-order chi connectivity index (χ1) is 11.1. The van der Waals surface area contributed by atoms with E-state index in [4.69, 9.17) is 0 Å². The number of ketones is 1. The Kier molecular flexibility index (Phi) is 3.68. The Morgan fingerprint density at radius 3 is 2.83 bits per heavy atom. The molecule has 0 bridgehead atoms. The van der Waals surface area contributed by atoms with E-state index < -0.39 is 4.92 Å². The van der Waals surface area contributed by atoms with Gasteiger partial charge in [0.1, 0.15) is 0 Å². The maximum absolute atomic E-state index is 12.3. The summed E-state index contributed by atoms with van der Waals surface area (Å²) in [6.45, 7) is 0. The minimum Gasteiger partial charge on any atom is -0.357 e. The molecule has 0 spiro atoms. The minimum absolute atomic E-state index is 0.0117. The average molecular weight is 309 g/mol. The lowest BCUT2D eigenvalue weighted by Gasteiger charge is -1.99. The van der Waals surface area contributed by atoms with E-state index in [-0.39, 0.29) is 17.9 Å². The van der Waals surface area contributed by atoms with Crippen LogP contribution in [0.1, 0.15) is 26.4 Å². The fourth-order valence-electron chi connectivity index (χ4n) is 2.44. The number of nitrogens with zero attached hydrogens (tertiary/aromatic N) is 2. The summed E-state index contributed by atoms with van der Waals surface area (Å²) in [6, 6.07) is 7.48. The Morgan fingerprint density at radius 1 is 1.35 bits per heavy atom. The van der Waals surface area contributed by atoms with Gasteiger partial charge in [0.05, 0.1) is 16.9 Å². The lowest BCUT2D eigenvalue weighted by atomic mass is 10.0. The van der Waals surface area contributed by atoms with Gasteiger partial charge in [-0.15, -0.1) is 0 Å². The third-order valence-electron chi connectivity index (χ3n) is 3.55. The van der Waals surface area contributed by atoms with Crippen molar-refractivity contribution >= 4 is 28.7 Å². The minimum atomic E-state index is -0.513. The zero-order valence-electron chi connectivity index (χ0n) is 11.9. The van der Waals surface area contributed by atoms with Gasteiger partial charge in [-0.05, 0) is 18.2 Å². The molecule has 0 unspecified atom stereocenters. The quantitative estimate of drug-likeness (QED) is 0.337. The first-order valence-electron chi connectivity index (χ1n) is 6.77. The number of non-ortho nitro benzene ring substituents is 1. The van der Waals surface area contributed by atoms with Crippen molar-refractivity contribution in [3.05, 3.63) is 69.7 Å². The zero-order valence-corrected chi connectivity index (χ0v) is 11.9. The molecule has 0 fully saturated rings. The number of H-pyrrole nitrogens is 1. The van der Waals surface area contributed by atoms with Crippen molar-refractivity contribution < 1.29 is 14.5 Å². The van der Waals surface area contributed by atoms with Crippen molar-refractivity contribution in [1.29, 1.82) is 0 Å². The number of nitrogens with one attached hydrogen (secondary N) is 1. The normalized spacial score (nSPS) is 10.6. The van der Waals surface area contributed by atoms with Crippen LogP contribution in [-0.4, -0.2) is 27.0 Å². The van der Waals surface area contributed by atoms with Crippen molar-refractivity contribution in [2.75, 3.05) is 0 Å². The highest BCUT2D eigenvalue weighted by Gasteiger charge is 2.17. The number of aldehydes is 1. The van der Waals surface area contributed by atoms with E-state index >= 15 is 0 Å². The standard InChI is InChI=1S/C16H11N3O4/c20-9-13-12-4-3-11(19(22)23)6-14(12)18-15(13)7-16(21)10-2-1-5-17-8-10/h1-6,8-9,18H,7H2. The van der Waals surface area contributed by atoms with Gasteiger partial charge in [0.25, 0.3) is 5.69 Å². The number of fused-ring (bicyclic) bond motifs is 1. The number of nitro benzene ring substituents is 1. The Hall–Kier alpha value is -3.35. The van der Waals surface area contributed by atoms with Gasteiger partial charge in [0.15, 0.2) is 12.1 Å². The number of nitro groups is 1. The molecule has 0 aliphatic carbocycles. The number of aromatic amines is 1. The molecule has 0 saturated heterocycles. The Labute approximate surface area is 130 Å². The highest BCUT2D eigenvalue weighted by Crippen LogP contribution is 2.26. The molecule has 1 aromatic carbocycles. The first kappa shape index (κ1) is 14.6. The number of aromatic nitrogens is 2. The van der Waals surface area contributed by atoms with Crippen LogP contribution in [0.25, 0.3) is 10.9 Å². The summed E-state index contributed by atoms with van der Waals surface area (Å²) in [5.74, 6) is -0.192. The van der Waals surface area contributed by atoms with E-state index in [1.165, 1.54) is 24.4 Å². The SMILES string of the molecule is O=Cc1c(CC(=O)c2cccnc2)[nH]c2cc([N+](=O)[O-])ccc12. The van der Waals surface area contributed by atoms with E-state index in [2.05, 4.69) is 9.97 Å². The largest absolute Gasteiger partial charge is 0.357 e. The van der Waals surface area contributed by atoms with Crippen LogP contribution in [0.3, 0.4) is 0 Å². The molecule has 0 aliphatic rings. The molecule has 2 aromatic heterocycles. The van der Waals surface area contributed by atoms with Crippen LogP contribution in [0.15, 0.2) is 42.7 Å². The number of carbonyl (C=O) groups excluding carboxylic acids is 2. The summed E-state index contributed by atoms with van der Waals surface area (Å²) >= 11 is 0. The monoisotopic (exact) mass is 309 g/mol. The second kappa shape index (κ2) is 5.80. The van der Waals surface area contributed by atoms with Crippen LogP contribution in [0.4, 0.5) is 5.69 Å². The molecule has 114 valence electrons. The first-order valence-corrected chi connectivity index (χ1v) is 6.77. The fourth-order valence-corrected chi connectivity index (χ4v) is 2.44. The number of Topliss-reactive ketones (excluding diaryl/α,β-unsaturated/α-hetero) is 1. The molecule has 7 heteroatoms. The summed E-state index contributed by atoms with van der Waals surface area (Å²) in [5, 5.41) is 11.4. The van der Waals surface area contributed by atoms with Gasteiger partial charge in [-0.2, -0.15) is 0 Å². The fraction of sp³-hybridized carbons (Fsp3) is 0.0625. The zero-order chi connectivity index (χ0) is 16.4. The predicted octanol–water partition coefficient (Wildman–Crippen LogP) is 2.71. The van der Waals surface area contributed by atoms with Crippen molar-refractivity contribution in [3.8, 4) is 0 Å². The second-order valence-corrected chi connectivity index (χ2v) is 4.96. The third kappa shape index (κ3) is 2.71. The molecule has 0 amide bonds.